The van der Waals surface area contributed by atoms with Crippen LogP contribution in [-0.4, -0.2) is 40.7 Å². The number of Topliss-reactive ketones (excluding diaryl/α,β-unsaturated/α-hetero) is 1. The molecule has 5 rings (SSSR count). The lowest BCUT2D eigenvalue weighted by Crippen LogP contribution is -2.50. The molecule has 12 heteroatoms. The van der Waals surface area contributed by atoms with Gasteiger partial charge in [0.2, 0.25) is 5.92 Å². The molecule has 1 aliphatic carbocycles. The van der Waals surface area contributed by atoms with Crippen molar-refractivity contribution in [1.82, 2.24) is 4.98 Å². The van der Waals surface area contributed by atoms with Crippen LogP contribution < -0.4 is 9.80 Å². The number of rotatable bonds is 9. The molecule has 0 bridgehead atoms. The molecule has 45 heavy (non-hydrogen) atoms. The van der Waals surface area contributed by atoms with Crippen molar-refractivity contribution in [2.24, 2.45) is 5.92 Å². The monoisotopic (exact) mass is 640 g/mol. The van der Waals surface area contributed by atoms with Gasteiger partial charge >= 0.3 is 0 Å². The van der Waals surface area contributed by atoms with Gasteiger partial charge < -0.3 is 0 Å². The Morgan fingerprint density at radius 2 is 1.84 bits per heavy atom. The Bertz CT molecular complexity index is 1640. The van der Waals surface area contributed by atoms with E-state index in [1.807, 2.05) is 6.07 Å². The Balaban J connectivity index is 1.57. The average molecular weight is 641 g/mol. The van der Waals surface area contributed by atoms with E-state index in [-0.39, 0.29) is 72.1 Å². The fourth-order valence-corrected chi connectivity index (χ4v) is 6.26. The van der Waals surface area contributed by atoms with Crippen molar-refractivity contribution in [3.05, 3.63) is 88.8 Å². The third-order valence-corrected chi connectivity index (χ3v) is 8.72. The molecule has 2 heterocycles. The van der Waals surface area contributed by atoms with Gasteiger partial charge in [-0.3, -0.25) is 24.2 Å². The van der Waals surface area contributed by atoms with Crippen molar-refractivity contribution in [3.8, 4) is 6.07 Å². The first-order valence-corrected chi connectivity index (χ1v) is 14.9. The molecule has 2 aromatic carbocycles. The quantitative estimate of drug-likeness (QED) is 0.232. The Hall–Kier alpha value is -4.30. The van der Waals surface area contributed by atoms with Crippen LogP contribution >= 0.6 is 11.6 Å². The van der Waals surface area contributed by atoms with Gasteiger partial charge in [-0.25, -0.2) is 22.5 Å². The maximum Gasteiger partial charge on any atom is 0.263 e. The summed E-state index contributed by atoms with van der Waals surface area (Å²) in [6.07, 6.45) is -1.29. The molecule has 2 amide bonds. The molecule has 1 aliphatic heterocycles. The summed E-state index contributed by atoms with van der Waals surface area (Å²) in [5.74, 6) is -6.15. The molecule has 0 N–H and O–H groups in total. The predicted octanol–water partition coefficient (Wildman–Crippen LogP) is 7.14. The smallest absolute Gasteiger partial charge is 0.263 e. The molecule has 1 saturated heterocycles. The zero-order chi connectivity index (χ0) is 32.3. The van der Waals surface area contributed by atoms with Crippen LogP contribution in [0.5, 0.6) is 0 Å². The summed E-state index contributed by atoms with van der Waals surface area (Å²) in [6, 6.07) is 12.9. The van der Waals surface area contributed by atoms with Crippen LogP contribution in [0.2, 0.25) is 5.02 Å². The van der Waals surface area contributed by atoms with Gasteiger partial charge in [-0.2, -0.15) is 5.26 Å². The van der Waals surface area contributed by atoms with Gasteiger partial charge in [-0.1, -0.05) is 35.9 Å². The fraction of sp³-hybridized carbons (Fsp3) is 0.364. The van der Waals surface area contributed by atoms with Crippen LogP contribution in [0.1, 0.15) is 62.1 Å². The van der Waals surface area contributed by atoms with Crippen LogP contribution in [0.3, 0.4) is 0 Å². The lowest BCUT2D eigenvalue weighted by molar-refractivity contribution is -0.126. The maximum absolute atomic E-state index is 15.0. The number of alkyl halides is 3. The van der Waals surface area contributed by atoms with Crippen LogP contribution in [0, 0.1) is 23.1 Å². The third-order valence-electron chi connectivity index (χ3n) is 8.38. The van der Waals surface area contributed by atoms with E-state index in [4.69, 9.17) is 11.6 Å². The van der Waals surface area contributed by atoms with Crippen LogP contribution in [0.15, 0.2) is 66.9 Å². The number of aromatic nitrogens is 1. The van der Waals surface area contributed by atoms with Gasteiger partial charge in [0.25, 0.3) is 11.8 Å². The average Bonchev–Trinajstić information content (AvgIpc) is 3.32. The molecule has 1 saturated carbocycles. The zero-order valence-corrected chi connectivity index (χ0v) is 24.8. The number of carbonyl (C=O) groups excluding carboxylic acids is 3. The summed E-state index contributed by atoms with van der Waals surface area (Å²) in [7, 11) is 0. The van der Waals surface area contributed by atoms with Crippen molar-refractivity contribution >= 4 is 40.7 Å². The van der Waals surface area contributed by atoms with E-state index < -0.39 is 54.0 Å². The molecule has 3 aromatic rings. The number of hydrogen-bond donors (Lipinski definition) is 0. The number of benzene rings is 2. The second-order valence-corrected chi connectivity index (χ2v) is 11.8. The van der Waals surface area contributed by atoms with Crippen LogP contribution in [0.4, 0.5) is 29.1 Å². The molecule has 2 aliphatic rings. The van der Waals surface area contributed by atoms with Crippen molar-refractivity contribution in [2.75, 3.05) is 9.80 Å². The topological polar surface area (TPSA) is 94.4 Å². The zero-order valence-electron chi connectivity index (χ0n) is 24.0. The van der Waals surface area contributed by atoms with Crippen molar-refractivity contribution in [3.63, 3.8) is 0 Å². The van der Waals surface area contributed by atoms with E-state index in [0.29, 0.717) is 0 Å². The van der Waals surface area contributed by atoms with E-state index in [1.54, 1.807) is 18.2 Å². The van der Waals surface area contributed by atoms with Crippen molar-refractivity contribution in [2.45, 2.75) is 69.1 Å². The number of nitriles is 1. The molecule has 0 radical (unpaired) electrons. The first-order valence-electron chi connectivity index (χ1n) is 14.6. The van der Waals surface area contributed by atoms with Crippen LogP contribution in [0.25, 0.3) is 0 Å². The lowest BCUT2D eigenvalue weighted by Gasteiger charge is -2.36. The van der Waals surface area contributed by atoms with Crippen molar-refractivity contribution in [1.29, 1.82) is 5.26 Å². The number of halogens is 5. The van der Waals surface area contributed by atoms with E-state index in [1.165, 1.54) is 36.5 Å². The number of amides is 2. The van der Waals surface area contributed by atoms with E-state index in [0.717, 1.165) is 21.9 Å². The fourth-order valence-electron chi connectivity index (χ4n) is 6.03. The number of nitrogens with zero attached hydrogens (tertiary/aromatic N) is 4. The highest BCUT2D eigenvalue weighted by molar-refractivity contribution is 6.31. The molecular formula is C33H29ClF4N4O3. The summed E-state index contributed by atoms with van der Waals surface area (Å²) in [6.45, 7) is 0. The van der Waals surface area contributed by atoms with Crippen molar-refractivity contribution < 1.29 is 31.9 Å². The minimum atomic E-state index is -2.73. The van der Waals surface area contributed by atoms with Gasteiger partial charge in [-0.15, -0.1) is 0 Å². The largest absolute Gasteiger partial charge is 0.297 e. The standard InChI is InChI=1S/C33H29ClF4N4O3/c34-25-7-2-1-6-24(25)30(28(43)9-8-20-10-13-33(37,38)14-11-20)41(23-5-3-4-22(35)17-23)32(45)27-18-26(36)31(44)42(27)29-16-21(19-39)12-15-40-29/h1-7,12,15-17,20,26-27,30H,8-11,13-14,18H2/t26-,27+,30+/m1/s1. The highest BCUT2D eigenvalue weighted by atomic mass is 35.5. The Morgan fingerprint density at radius 1 is 1.11 bits per heavy atom. The van der Waals surface area contributed by atoms with Gasteiger partial charge in [-0.05, 0) is 61.6 Å². The number of pyridine rings is 1. The van der Waals surface area contributed by atoms with Gasteiger partial charge in [0.05, 0.1) is 11.6 Å². The number of anilines is 2. The number of hydrogen-bond acceptors (Lipinski definition) is 5. The summed E-state index contributed by atoms with van der Waals surface area (Å²) in [4.78, 5) is 47.7. The van der Waals surface area contributed by atoms with Gasteiger partial charge in [0, 0.05) is 48.2 Å². The first kappa shape index (κ1) is 32.1. The molecular weight excluding hydrogens is 612 g/mol. The number of ketones is 1. The highest BCUT2D eigenvalue weighted by Crippen LogP contribution is 2.40. The highest BCUT2D eigenvalue weighted by Gasteiger charge is 2.49. The van der Waals surface area contributed by atoms with Crippen LogP contribution in [-0.2, 0) is 14.4 Å². The van der Waals surface area contributed by atoms with E-state index in [2.05, 4.69) is 4.98 Å². The Kier molecular flexibility index (Phi) is 9.53. The first-order chi connectivity index (χ1) is 21.5. The molecule has 3 atom stereocenters. The summed E-state index contributed by atoms with van der Waals surface area (Å²) in [5.41, 5.74) is 0.297. The van der Waals surface area contributed by atoms with Gasteiger partial charge in [0.1, 0.15) is 23.7 Å². The minimum absolute atomic E-state index is 0.0379. The summed E-state index contributed by atoms with van der Waals surface area (Å²) in [5, 5.41) is 9.50. The maximum atomic E-state index is 15.0. The van der Waals surface area contributed by atoms with E-state index >= 15 is 4.39 Å². The third kappa shape index (κ3) is 7.01. The van der Waals surface area contributed by atoms with Gasteiger partial charge in [0.15, 0.2) is 12.0 Å². The molecule has 234 valence electrons. The second-order valence-electron chi connectivity index (χ2n) is 11.4. The molecule has 2 fully saturated rings. The molecule has 0 spiro atoms. The summed E-state index contributed by atoms with van der Waals surface area (Å²) < 4.78 is 57.2. The molecule has 0 unspecified atom stereocenters. The summed E-state index contributed by atoms with van der Waals surface area (Å²) >= 11 is 6.56. The predicted molar refractivity (Wildman–Crippen MR) is 159 cm³/mol. The Morgan fingerprint density at radius 3 is 2.53 bits per heavy atom. The number of carbonyl (C=O) groups is 3. The molecule has 1 aromatic heterocycles. The second kappa shape index (κ2) is 13.4. The lowest BCUT2D eigenvalue weighted by atomic mass is 9.82. The minimum Gasteiger partial charge on any atom is -0.297 e. The van der Waals surface area contributed by atoms with E-state index in [9.17, 15) is 32.8 Å². The Labute approximate surface area is 262 Å². The SMILES string of the molecule is N#Cc1ccnc(N2C(=O)[C@H](F)C[C@H]2C(=O)N(c2cccc(F)c2)[C@H](C(=O)CCC2CCC(F)(F)CC2)c2ccccc2Cl)c1. The normalized spacial score (nSPS) is 20.4. The molecule has 7 nitrogen and oxygen atoms in total.